The summed E-state index contributed by atoms with van der Waals surface area (Å²) in [6, 6.07) is 5.72. The molecule has 0 atom stereocenters. The maximum absolute atomic E-state index is 11.1. The van der Waals surface area contributed by atoms with Crippen LogP contribution in [0.25, 0.3) is 0 Å². The van der Waals surface area contributed by atoms with Crippen molar-refractivity contribution in [3.8, 4) is 5.75 Å². The molecule has 17 heavy (non-hydrogen) atoms. The molecule has 0 spiro atoms. The smallest absolute Gasteiger partial charge is 0.319 e. The second-order valence-corrected chi connectivity index (χ2v) is 4.22. The first-order valence-electron chi connectivity index (χ1n) is 5.36. The first-order valence-corrected chi connectivity index (χ1v) is 6.15. The molecule has 0 amide bonds. The van der Waals surface area contributed by atoms with Crippen LogP contribution in [0.15, 0.2) is 22.7 Å². The first-order chi connectivity index (χ1) is 8.17. The van der Waals surface area contributed by atoms with Crippen molar-refractivity contribution >= 4 is 21.9 Å². The molecule has 0 aliphatic carbocycles. The van der Waals surface area contributed by atoms with E-state index in [-0.39, 0.29) is 12.5 Å². The summed E-state index contributed by atoms with van der Waals surface area (Å²) in [7, 11) is 1.63. The molecule has 5 heteroatoms. The van der Waals surface area contributed by atoms with Crippen LogP contribution in [-0.4, -0.2) is 26.2 Å². The molecule has 0 saturated carbocycles. The van der Waals surface area contributed by atoms with Crippen molar-refractivity contribution in [2.75, 3.05) is 20.3 Å². The van der Waals surface area contributed by atoms with E-state index in [1.165, 1.54) is 0 Å². The average molecular weight is 302 g/mol. The van der Waals surface area contributed by atoms with Crippen LogP contribution in [0.2, 0.25) is 0 Å². The summed E-state index contributed by atoms with van der Waals surface area (Å²) < 4.78 is 10.9. The Morgan fingerprint density at radius 2 is 2.24 bits per heavy atom. The van der Waals surface area contributed by atoms with E-state index in [0.717, 1.165) is 15.8 Å². The summed E-state index contributed by atoms with van der Waals surface area (Å²) in [6.07, 6.45) is 0. The van der Waals surface area contributed by atoms with Crippen molar-refractivity contribution in [1.29, 1.82) is 0 Å². The predicted octanol–water partition coefficient (Wildman–Crippen LogP) is 2.11. The number of hydrogen-bond acceptors (Lipinski definition) is 4. The summed E-state index contributed by atoms with van der Waals surface area (Å²) >= 11 is 3.45. The van der Waals surface area contributed by atoms with Gasteiger partial charge in [-0.05, 0) is 24.6 Å². The maximum atomic E-state index is 11.1. The lowest BCUT2D eigenvalue weighted by atomic mass is 10.2. The summed E-state index contributed by atoms with van der Waals surface area (Å²) in [5.74, 6) is 0.558. The normalized spacial score (nSPS) is 10.1. The zero-order valence-corrected chi connectivity index (χ0v) is 11.5. The van der Waals surface area contributed by atoms with Gasteiger partial charge in [-0.3, -0.25) is 4.79 Å². The second-order valence-electron chi connectivity index (χ2n) is 3.37. The van der Waals surface area contributed by atoms with E-state index in [9.17, 15) is 4.79 Å². The number of rotatable bonds is 6. The van der Waals surface area contributed by atoms with Gasteiger partial charge in [0.2, 0.25) is 0 Å². The standard InChI is InChI=1S/C12H16BrNO3/c1-3-17-12(15)8-14-7-9-4-5-10(16-2)6-11(9)13/h4-6,14H,3,7-8H2,1-2H3. The molecule has 0 unspecified atom stereocenters. The molecule has 1 rings (SSSR count). The van der Waals surface area contributed by atoms with Gasteiger partial charge in [0.15, 0.2) is 0 Å². The number of carbonyl (C=O) groups excluding carboxylic acids is 1. The Balaban J connectivity index is 2.44. The Labute approximate surface area is 109 Å². The summed E-state index contributed by atoms with van der Waals surface area (Å²) in [5, 5.41) is 3.02. The third kappa shape index (κ3) is 4.75. The number of carbonyl (C=O) groups is 1. The molecule has 0 aliphatic heterocycles. The van der Waals surface area contributed by atoms with Crippen molar-refractivity contribution in [1.82, 2.24) is 5.32 Å². The van der Waals surface area contributed by atoms with Crippen LogP contribution < -0.4 is 10.1 Å². The van der Waals surface area contributed by atoms with Crippen molar-refractivity contribution in [2.45, 2.75) is 13.5 Å². The fourth-order valence-electron chi connectivity index (χ4n) is 1.31. The Morgan fingerprint density at radius 3 is 2.82 bits per heavy atom. The van der Waals surface area contributed by atoms with Crippen LogP contribution >= 0.6 is 15.9 Å². The van der Waals surface area contributed by atoms with Crippen LogP contribution in [0, 0.1) is 0 Å². The Bertz CT molecular complexity index is 382. The van der Waals surface area contributed by atoms with Gasteiger partial charge >= 0.3 is 5.97 Å². The highest BCUT2D eigenvalue weighted by atomic mass is 79.9. The third-order valence-corrected chi connectivity index (χ3v) is 2.89. The van der Waals surface area contributed by atoms with Gasteiger partial charge in [-0.15, -0.1) is 0 Å². The van der Waals surface area contributed by atoms with E-state index < -0.39 is 0 Å². The minimum Gasteiger partial charge on any atom is -0.497 e. The summed E-state index contributed by atoms with van der Waals surface area (Å²) in [6.45, 7) is 3.01. The minimum atomic E-state index is -0.239. The molecule has 0 radical (unpaired) electrons. The van der Waals surface area contributed by atoms with Gasteiger partial charge in [-0.25, -0.2) is 0 Å². The number of hydrogen-bond donors (Lipinski definition) is 1. The average Bonchev–Trinajstić information content (AvgIpc) is 2.31. The van der Waals surface area contributed by atoms with E-state index in [4.69, 9.17) is 9.47 Å². The highest BCUT2D eigenvalue weighted by Crippen LogP contribution is 2.22. The Kier molecular flexibility index (Phi) is 6.00. The van der Waals surface area contributed by atoms with Gasteiger partial charge < -0.3 is 14.8 Å². The molecule has 0 fully saturated rings. The molecular formula is C12H16BrNO3. The molecule has 1 aromatic rings. The molecule has 1 N–H and O–H groups in total. The maximum Gasteiger partial charge on any atom is 0.319 e. The van der Waals surface area contributed by atoms with Gasteiger partial charge in [0, 0.05) is 11.0 Å². The lowest BCUT2D eigenvalue weighted by Crippen LogP contribution is -2.24. The highest BCUT2D eigenvalue weighted by molar-refractivity contribution is 9.10. The van der Waals surface area contributed by atoms with E-state index in [2.05, 4.69) is 21.2 Å². The summed E-state index contributed by atoms with van der Waals surface area (Å²) in [5.41, 5.74) is 1.06. The number of methoxy groups -OCH3 is 1. The highest BCUT2D eigenvalue weighted by Gasteiger charge is 2.04. The van der Waals surface area contributed by atoms with E-state index in [1.54, 1.807) is 14.0 Å². The topological polar surface area (TPSA) is 47.6 Å². The first kappa shape index (κ1) is 14.0. The number of ether oxygens (including phenoxy) is 2. The van der Waals surface area contributed by atoms with Gasteiger partial charge in [0.05, 0.1) is 20.3 Å². The number of halogens is 1. The third-order valence-electron chi connectivity index (χ3n) is 2.15. The van der Waals surface area contributed by atoms with Crippen LogP contribution in [0.1, 0.15) is 12.5 Å². The fraction of sp³-hybridized carbons (Fsp3) is 0.417. The van der Waals surface area contributed by atoms with Crippen LogP contribution in [0.5, 0.6) is 5.75 Å². The van der Waals surface area contributed by atoms with Gasteiger partial charge in [-0.1, -0.05) is 22.0 Å². The SMILES string of the molecule is CCOC(=O)CNCc1ccc(OC)cc1Br. The zero-order chi connectivity index (χ0) is 12.7. The molecule has 0 aliphatic rings. The Hall–Kier alpha value is -1.07. The van der Waals surface area contributed by atoms with Crippen molar-refractivity contribution < 1.29 is 14.3 Å². The largest absolute Gasteiger partial charge is 0.497 e. The summed E-state index contributed by atoms with van der Waals surface area (Å²) in [4.78, 5) is 11.1. The lowest BCUT2D eigenvalue weighted by Gasteiger charge is -2.08. The van der Waals surface area contributed by atoms with Gasteiger partial charge in [-0.2, -0.15) is 0 Å². The number of nitrogens with one attached hydrogen (secondary N) is 1. The number of esters is 1. The molecule has 1 aromatic carbocycles. The zero-order valence-electron chi connectivity index (χ0n) is 9.96. The number of benzene rings is 1. The second kappa shape index (κ2) is 7.29. The molecule has 0 aromatic heterocycles. The van der Waals surface area contributed by atoms with Crippen LogP contribution in [0.4, 0.5) is 0 Å². The van der Waals surface area contributed by atoms with Crippen molar-refractivity contribution in [2.24, 2.45) is 0 Å². The molecule has 94 valence electrons. The van der Waals surface area contributed by atoms with Crippen LogP contribution in [0.3, 0.4) is 0 Å². The van der Waals surface area contributed by atoms with Crippen molar-refractivity contribution in [3.63, 3.8) is 0 Å². The van der Waals surface area contributed by atoms with E-state index in [1.807, 2.05) is 18.2 Å². The van der Waals surface area contributed by atoms with Gasteiger partial charge in [0.25, 0.3) is 0 Å². The quantitative estimate of drug-likeness (QED) is 0.818. The fourth-order valence-corrected chi connectivity index (χ4v) is 1.81. The van der Waals surface area contributed by atoms with E-state index >= 15 is 0 Å². The lowest BCUT2D eigenvalue weighted by molar-refractivity contribution is -0.142. The van der Waals surface area contributed by atoms with Crippen molar-refractivity contribution in [3.05, 3.63) is 28.2 Å². The predicted molar refractivity (Wildman–Crippen MR) is 69.0 cm³/mol. The molecule has 0 saturated heterocycles. The molecular weight excluding hydrogens is 286 g/mol. The monoisotopic (exact) mass is 301 g/mol. The minimum absolute atomic E-state index is 0.215. The van der Waals surface area contributed by atoms with Gasteiger partial charge in [0.1, 0.15) is 5.75 Å². The Morgan fingerprint density at radius 1 is 1.47 bits per heavy atom. The molecule has 0 heterocycles. The molecule has 4 nitrogen and oxygen atoms in total. The molecule has 0 bridgehead atoms. The van der Waals surface area contributed by atoms with Crippen LogP contribution in [-0.2, 0) is 16.1 Å². The van der Waals surface area contributed by atoms with E-state index in [0.29, 0.717) is 13.2 Å².